The first-order chi connectivity index (χ1) is 17.9. The normalized spacial score (nSPS) is 17.3. The second kappa shape index (κ2) is 11.9. The van der Waals surface area contributed by atoms with Crippen LogP contribution in [0, 0.1) is 22.7 Å². The molecule has 1 aliphatic heterocycles. The van der Waals surface area contributed by atoms with Crippen molar-refractivity contribution in [1.82, 2.24) is 4.98 Å². The van der Waals surface area contributed by atoms with Crippen LogP contribution in [0.3, 0.4) is 0 Å². The summed E-state index contributed by atoms with van der Waals surface area (Å²) in [5.74, 6) is -1.23. The Morgan fingerprint density at radius 1 is 1.19 bits per heavy atom. The van der Waals surface area contributed by atoms with Crippen LogP contribution in [0.25, 0.3) is 0 Å². The van der Waals surface area contributed by atoms with E-state index >= 15 is 0 Å². The van der Waals surface area contributed by atoms with Gasteiger partial charge >= 0.3 is 5.97 Å². The highest BCUT2D eigenvalue weighted by molar-refractivity contribution is 7.99. The predicted molar refractivity (Wildman–Crippen MR) is 142 cm³/mol. The summed E-state index contributed by atoms with van der Waals surface area (Å²) in [7, 11) is 0. The minimum atomic E-state index is -0.862. The van der Waals surface area contributed by atoms with Crippen LogP contribution in [0.2, 0.25) is 10.0 Å². The number of aryl methyl sites for hydroxylation is 2. The third-order valence-electron chi connectivity index (χ3n) is 6.25. The molecule has 1 aromatic heterocycles. The topological polar surface area (TPSA) is 122 Å². The van der Waals surface area contributed by atoms with Crippen LogP contribution in [0.5, 0.6) is 0 Å². The van der Waals surface area contributed by atoms with Crippen molar-refractivity contribution in [2.24, 2.45) is 5.73 Å². The van der Waals surface area contributed by atoms with Gasteiger partial charge in [-0.2, -0.15) is 10.5 Å². The fraction of sp³-hybridized carbons (Fsp3) is 0.333. The minimum Gasteiger partial charge on any atom is -0.463 e. The van der Waals surface area contributed by atoms with E-state index in [1.165, 1.54) is 11.8 Å². The number of ether oxygens (including phenoxy) is 2. The van der Waals surface area contributed by atoms with E-state index in [1.54, 1.807) is 25.1 Å². The lowest BCUT2D eigenvalue weighted by molar-refractivity contribution is -0.139. The SMILES string of the molecule is CCOC(=O)C1=C(CSc2nc3c(cc2C#N)CCCCC3)OC(N)=C(C#N)[C@@H]1c1ccc(Cl)c(Cl)c1. The number of nitrogens with zero attached hydrogens (tertiary/aromatic N) is 3. The van der Waals surface area contributed by atoms with Gasteiger partial charge in [0.1, 0.15) is 28.5 Å². The molecule has 1 aromatic carbocycles. The van der Waals surface area contributed by atoms with E-state index in [-0.39, 0.29) is 40.2 Å². The molecule has 0 saturated carbocycles. The average molecular weight is 555 g/mol. The first-order valence-electron chi connectivity index (χ1n) is 11.9. The Balaban J connectivity index is 1.77. The number of nitriles is 2. The minimum absolute atomic E-state index is 0.0658. The van der Waals surface area contributed by atoms with Crippen LogP contribution in [0.15, 0.2) is 52.1 Å². The maximum atomic E-state index is 13.2. The number of halogens is 2. The lowest BCUT2D eigenvalue weighted by atomic mass is 9.83. The first-order valence-corrected chi connectivity index (χ1v) is 13.6. The number of esters is 1. The van der Waals surface area contributed by atoms with E-state index in [0.717, 1.165) is 43.4 Å². The number of hydrogen-bond donors (Lipinski definition) is 1. The van der Waals surface area contributed by atoms with Crippen LogP contribution in [-0.4, -0.2) is 23.3 Å². The van der Waals surface area contributed by atoms with Gasteiger partial charge in [0.25, 0.3) is 0 Å². The fourth-order valence-electron chi connectivity index (χ4n) is 4.50. The third kappa shape index (κ3) is 5.72. The molecule has 0 unspecified atom stereocenters. The van der Waals surface area contributed by atoms with Crippen molar-refractivity contribution >= 4 is 40.9 Å². The molecule has 0 spiro atoms. The van der Waals surface area contributed by atoms with Gasteiger partial charge in [0.15, 0.2) is 0 Å². The zero-order valence-electron chi connectivity index (χ0n) is 20.1. The van der Waals surface area contributed by atoms with E-state index in [0.29, 0.717) is 21.2 Å². The van der Waals surface area contributed by atoms with E-state index in [1.807, 2.05) is 6.07 Å². The zero-order chi connectivity index (χ0) is 26.5. The number of carbonyl (C=O) groups is 1. The number of pyridine rings is 1. The number of aromatic nitrogens is 1. The number of benzene rings is 1. The van der Waals surface area contributed by atoms with Gasteiger partial charge in [0.2, 0.25) is 5.88 Å². The second-order valence-electron chi connectivity index (χ2n) is 8.56. The smallest absolute Gasteiger partial charge is 0.338 e. The lowest BCUT2D eigenvalue weighted by Crippen LogP contribution is -2.27. The summed E-state index contributed by atoms with van der Waals surface area (Å²) in [6, 6.07) is 11.1. The van der Waals surface area contributed by atoms with Gasteiger partial charge in [-0.05, 0) is 61.9 Å². The molecule has 190 valence electrons. The number of thioether (sulfide) groups is 1. The molecule has 10 heteroatoms. The van der Waals surface area contributed by atoms with E-state index < -0.39 is 11.9 Å². The molecule has 0 radical (unpaired) electrons. The Labute approximate surface area is 229 Å². The summed E-state index contributed by atoms with van der Waals surface area (Å²) in [4.78, 5) is 18.0. The molecular formula is C27H24Cl2N4O3S. The molecular weight excluding hydrogens is 531 g/mol. The van der Waals surface area contributed by atoms with Crippen molar-refractivity contribution in [3.63, 3.8) is 0 Å². The molecule has 37 heavy (non-hydrogen) atoms. The summed E-state index contributed by atoms with van der Waals surface area (Å²) in [6.45, 7) is 1.82. The molecule has 0 fully saturated rings. The van der Waals surface area contributed by atoms with Gasteiger partial charge in [-0.1, -0.05) is 47.5 Å². The molecule has 1 atom stereocenters. The average Bonchev–Trinajstić information content (AvgIpc) is 3.12. The standard InChI is InChI=1S/C27H24Cl2N4O3S/c1-2-35-27(34)24-22(14-37-26-17(12-30)10-15-6-4-3-5-7-21(15)33-26)36-25(32)18(13-31)23(24)16-8-9-19(28)20(29)11-16/h8-11,23H,2-7,14,32H2,1H3/t23-/m0/s1. The number of rotatable bonds is 6. The molecule has 1 aliphatic carbocycles. The Hall–Kier alpha value is -3.17. The van der Waals surface area contributed by atoms with Gasteiger partial charge in [0.05, 0.1) is 39.5 Å². The van der Waals surface area contributed by atoms with E-state index in [2.05, 4.69) is 12.1 Å². The number of fused-ring (bicyclic) bond motifs is 1. The van der Waals surface area contributed by atoms with Gasteiger partial charge < -0.3 is 15.2 Å². The predicted octanol–water partition coefficient (Wildman–Crippen LogP) is 5.95. The molecule has 7 nitrogen and oxygen atoms in total. The van der Waals surface area contributed by atoms with Crippen LogP contribution in [-0.2, 0) is 27.1 Å². The van der Waals surface area contributed by atoms with Gasteiger partial charge in [0, 0.05) is 5.69 Å². The van der Waals surface area contributed by atoms with Crippen LogP contribution < -0.4 is 5.73 Å². The van der Waals surface area contributed by atoms with Crippen molar-refractivity contribution < 1.29 is 14.3 Å². The molecule has 2 N–H and O–H groups in total. The Bertz CT molecular complexity index is 1390. The van der Waals surface area contributed by atoms with Crippen molar-refractivity contribution in [2.45, 2.75) is 50.0 Å². The van der Waals surface area contributed by atoms with Crippen molar-refractivity contribution in [3.8, 4) is 12.1 Å². The van der Waals surface area contributed by atoms with Crippen molar-refractivity contribution in [2.75, 3.05) is 12.4 Å². The number of hydrogen-bond acceptors (Lipinski definition) is 8. The second-order valence-corrected chi connectivity index (χ2v) is 10.3. The number of nitrogens with two attached hydrogens (primary N) is 1. The zero-order valence-corrected chi connectivity index (χ0v) is 22.5. The highest BCUT2D eigenvalue weighted by Gasteiger charge is 2.38. The van der Waals surface area contributed by atoms with E-state index in [4.69, 9.17) is 43.4 Å². The Morgan fingerprint density at radius 3 is 2.68 bits per heavy atom. The quantitative estimate of drug-likeness (QED) is 0.264. The maximum absolute atomic E-state index is 13.2. The molecule has 0 saturated heterocycles. The number of carbonyl (C=O) groups excluding carboxylic acids is 1. The maximum Gasteiger partial charge on any atom is 0.338 e. The summed E-state index contributed by atoms with van der Waals surface area (Å²) in [5.41, 5.74) is 9.51. The summed E-state index contributed by atoms with van der Waals surface area (Å²) >= 11 is 13.6. The fourth-order valence-corrected chi connectivity index (χ4v) is 5.72. The number of allylic oxidation sites excluding steroid dienone is 1. The molecule has 2 heterocycles. The molecule has 0 bridgehead atoms. The lowest BCUT2D eigenvalue weighted by Gasteiger charge is -2.28. The van der Waals surface area contributed by atoms with Crippen LogP contribution in [0.4, 0.5) is 0 Å². The summed E-state index contributed by atoms with van der Waals surface area (Å²) < 4.78 is 11.2. The third-order valence-corrected chi connectivity index (χ3v) is 7.98. The monoisotopic (exact) mass is 554 g/mol. The summed E-state index contributed by atoms with van der Waals surface area (Å²) in [6.07, 6.45) is 5.04. The van der Waals surface area contributed by atoms with Crippen molar-refractivity contribution in [3.05, 3.63) is 79.5 Å². The first kappa shape index (κ1) is 26.9. The van der Waals surface area contributed by atoms with Gasteiger partial charge in [-0.15, -0.1) is 0 Å². The Morgan fingerprint density at radius 2 is 1.97 bits per heavy atom. The molecule has 2 aliphatic rings. The highest BCUT2D eigenvalue weighted by Crippen LogP contribution is 2.42. The van der Waals surface area contributed by atoms with Crippen LogP contribution in [0.1, 0.15) is 54.5 Å². The molecule has 0 amide bonds. The molecule has 2 aromatic rings. The van der Waals surface area contributed by atoms with E-state index in [9.17, 15) is 15.3 Å². The van der Waals surface area contributed by atoms with Gasteiger partial charge in [-0.3, -0.25) is 0 Å². The molecule has 4 rings (SSSR count). The largest absolute Gasteiger partial charge is 0.463 e. The van der Waals surface area contributed by atoms with Crippen molar-refractivity contribution in [1.29, 1.82) is 10.5 Å². The highest BCUT2D eigenvalue weighted by atomic mass is 35.5. The van der Waals surface area contributed by atoms with Crippen LogP contribution >= 0.6 is 35.0 Å². The summed E-state index contributed by atoms with van der Waals surface area (Å²) in [5, 5.41) is 20.8. The Kier molecular flexibility index (Phi) is 8.66. The van der Waals surface area contributed by atoms with Gasteiger partial charge in [-0.25, -0.2) is 9.78 Å².